The van der Waals surface area contributed by atoms with Gasteiger partial charge in [0.15, 0.2) is 0 Å². The molecule has 0 spiro atoms. The summed E-state index contributed by atoms with van der Waals surface area (Å²) in [5, 5.41) is 0.752. The maximum absolute atomic E-state index is 6.14. The number of hydrogen-bond donors (Lipinski definition) is 1. The molecule has 2 heterocycles. The summed E-state index contributed by atoms with van der Waals surface area (Å²) in [6, 6.07) is 2.48. The molecule has 2 N–H and O–H groups in total. The number of nitrogens with two attached hydrogens (primary N) is 1. The predicted molar refractivity (Wildman–Crippen MR) is 85.4 cm³/mol. The van der Waals surface area contributed by atoms with Crippen LogP contribution in [0.5, 0.6) is 0 Å². The molecule has 2 unspecified atom stereocenters. The van der Waals surface area contributed by atoms with Crippen LogP contribution in [0.15, 0.2) is 18.5 Å². The number of hydrogen-bond acceptors (Lipinski definition) is 3. The van der Waals surface area contributed by atoms with Gasteiger partial charge in [-0.2, -0.15) is 0 Å². The summed E-state index contributed by atoms with van der Waals surface area (Å²) in [6.45, 7) is 5.03. The van der Waals surface area contributed by atoms with Crippen LogP contribution in [0.2, 0.25) is 5.02 Å². The van der Waals surface area contributed by atoms with Crippen molar-refractivity contribution < 1.29 is 0 Å². The molecule has 3 nitrogen and oxygen atoms in total. The third-order valence-corrected chi connectivity index (χ3v) is 3.94. The minimum absolute atomic E-state index is 0. The van der Waals surface area contributed by atoms with E-state index < -0.39 is 0 Å². The summed E-state index contributed by atoms with van der Waals surface area (Å²) in [7, 11) is 0. The average molecular weight is 327 g/mol. The van der Waals surface area contributed by atoms with E-state index >= 15 is 0 Å². The Balaban J connectivity index is 0.00000162. The number of rotatable bonds is 3. The van der Waals surface area contributed by atoms with Gasteiger partial charge in [-0.3, -0.25) is 9.88 Å². The highest BCUT2D eigenvalue weighted by Gasteiger charge is 2.25. The molecule has 19 heavy (non-hydrogen) atoms. The largest absolute Gasteiger partial charge is 0.329 e. The number of pyridine rings is 1. The molecule has 2 rings (SSSR count). The van der Waals surface area contributed by atoms with Gasteiger partial charge in [-0.1, -0.05) is 18.5 Å². The van der Waals surface area contributed by atoms with Gasteiger partial charge < -0.3 is 5.73 Å². The minimum atomic E-state index is 0. The maximum atomic E-state index is 6.14. The average Bonchev–Trinajstić information content (AvgIpc) is 2.34. The molecule has 6 heteroatoms. The zero-order valence-corrected chi connectivity index (χ0v) is 13.5. The Morgan fingerprint density at radius 1 is 1.47 bits per heavy atom. The van der Waals surface area contributed by atoms with Crippen molar-refractivity contribution in [3.63, 3.8) is 0 Å². The molecular weight excluding hydrogens is 305 g/mol. The molecule has 0 aromatic carbocycles. The summed E-state index contributed by atoms with van der Waals surface area (Å²) in [6.07, 6.45) is 5.95. The van der Waals surface area contributed by atoms with Gasteiger partial charge in [0.25, 0.3) is 0 Å². The Hall–Kier alpha value is -0.0600. The lowest BCUT2D eigenvalue weighted by Gasteiger charge is -2.38. The third-order valence-electron chi connectivity index (χ3n) is 3.60. The first-order chi connectivity index (χ1) is 8.20. The molecule has 0 bridgehead atoms. The molecule has 1 aliphatic heterocycles. The first-order valence-electron chi connectivity index (χ1n) is 6.23. The van der Waals surface area contributed by atoms with E-state index in [1.807, 2.05) is 6.07 Å². The summed E-state index contributed by atoms with van der Waals surface area (Å²) in [4.78, 5) is 6.46. The highest BCUT2D eigenvalue weighted by molar-refractivity contribution is 6.31. The van der Waals surface area contributed by atoms with Gasteiger partial charge in [0.1, 0.15) is 0 Å². The zero-order valence-electron chi connectivity index (χ0n) is 11.1. The van der Waals surface area contributed by atoms with E-state index in [-0.39, 0.29) is 24.8 Å². The molecule has 110 valence electrons. The van der Waals surface area contributed by atoms with Crippen LogP contribution in [0.1, 0.15) is 25.3 Å². The zero-order chi connectivity index (χ0) is 12.3. The Labute approximate surface area is 132 Å². The second-order valence-corrected chi connectivity index (χ2v) is 5.36. The van der Waals surface area contributed by atoms with E-state index in [1.54, 1.807) is 12.4 Å². The van der Waals surface area contributed by atoms with Crippen LogP contribution in [0.3, 0.4) is 0 Å². The lowest BCUT2D eigenvalue weighted by Crippen LogP contribution is -2.45. The molecule has 0 amide bonds. The van der Waals surface area contributed by atoms with Crippen LogP contribution in [-0.2, 0) is 6.54 Å². The first-order valence-corrected chi connectivity index (χ1v) is 6.61. The minimum Gasteiger partial charge on any atom is -0.329 e. The fourth-order valence-corrected chi connectivity index (χ4v) is 2.68. The van der Waals surface area contributed by atoms with Crippen LogP contribution < -0.4 is 5.73 Å². The molecule has 1 aromatic rings. The van der Waals surface area contributed by atoms with Crippen LogP contribution in [0.25, 0.3) is 0 Å². The molecule has 1 saturated heterocycles. The van der Waals surface area contributed by atoms with Crippen molar-refractivity contribution in [3.05, 3.63) is 29.0 Å². The topological polar surface area (TPSA) is 42.2 Å². The Bertz CT molecular complexity index is 376. The molecule has 1 aliphatic rings. The van der Waals surface area contributed by atoms with E-state index in [2.05, 4.69) is 16.8 Å². The highest BCUT2D eigenvalue weighted by Crippen LogP contribution is 2.25. The van der Waals surface area contributed by atoms with Crippen molar-refractivity contribution in [2.24, 2.45) is 11.7 Å². The van der Waals surface area contributed by atoms with Crippen molar-refractivity contribution in [3.8, 4) is 0 Å². The monoisotopic (exact) mass is 325 g/mol. The summed E-state index contributed by atoms with van der Waals surface area (Å²) < 4.78 is 0. The number of halogens is 3. The fourth-order valence-electron chi connectivity index (χ4n) is 2.50. The fraction of sp³-hybridized carbons (Fsp3) is 0.615. The predicted octanol–water partition coefficient (Wildman–Crippen LogP) is 3.14. The number of likely N-dealkylation sites (tertiary alicyclic amines) is 1. The second kappa shape index (κ2) is 8.98. The Morgan fingerprint density at radius 3 is 2.84 bits per heavy atom. The second-order valence-electron chi connectivity index (χ2n) is 4.96. The molecular formula is C13H22Cl3N3. The van der Waals surface area contributed by atoms with Crippen molar-refractivity contribution in [2.75, 3.05) is 13.1 Å². The SMILES string of the molecule is CC1CCN(Cc2ccncc2Cl)C(CN)C1.Cl.Cl. The van der Waals surface area contributed by atoms with Gasteiger partial charge in [-0.05, 0) is 36.9 Å². The molecule has 2 atom stereocenters. The number of piperidine rings is 1. The molecule has 0 radical (unpaired) electrons. The Morgan fingerprint density at radius 2 is 2.21 bits per heavy atom. The standard InChI is InChI=1S/C13H20ClN3.2ClH/c1-10-3-5-17(12(6-10)7-15)9-11-2-4-16-8-13(11)14;;/h2,4,8,10,12H,3,5-7,9,15H2,1H3;2*1H. The van der Waals surface area contributed by atoms with Gasteiger partial charge in [0.05, 0.1) is 5.02 Å². The van der Waals surface area contributed by atoms with E-state index in [1.165, 1.54) is 12.8 Å². The van der Waals surface area contributed by atoms with Gasteiger partial charge in [-0.25, -0.2) is 0 Å². The highest BCUT2D eigenvalue weighted by atomic mass is 35.5. The summed E-state index contributed by atoms with van der Waals surface area (Å²) in [5.74, 6) is 0.785. The van der Waals surface area contributed by atoms with E-state index in [0.717, 1.165) is 36.1 Å². The summed E-state index contributed by atoms with van der Waals surface area (Å²) >= 11 is 6.14. The van der Waals surface area contributed by atoms with E-state index in [0.29, 0.717) is 6.04 Å². The summed E-state index contributed by atoms with van der Waals surface area (Å²) in [5.41, 5.74) is 7.01. The lowest BCUT2D eigenvalue weighted by molar-refractivity contribution is 0.115. The molecule has 0 saturated carbocycles. The third kappa shape index (κ3) is 5.09. The van der Waals surface area contributed by atoms with Crippen molar-refractivity contribution in [1.29, 1.82) is 0 Å². The van der Waals surface area contributed by atoms with Gasteiger partial charge in [0.2, 0.25) is 0 Å². The van der Waals surface area contributed by atoms with Crippen LogP contribution in [0.4, 0.5) is 0 Å². The van der Waals surface area contributed by atoms with Crippen LogP contribution in [0, 0.1) is 5.92 Å². The Kier molecular flexibility index (Phi) is 8.95. The lowest BCUT2D eigenvalue weighted by atomic mass is 9.92. The van der Waals surface area contributed by atoms with E-state index in [9.17, 15) is 0 Å². The van der Waals surface area contributed by atoms with Crippen LogP contribution >= 0.6 is 36.4 Å². The smallest absolute Gasteiger partial charge is 0.0634 e. The van der Waals surface area contributed by atoms with Crippen molar-refractivity contribution in [1.82, 2.24) is 9.88 Å². The number of aromatic nitrogens is 1. The van der Waals surface area contributed by atoms with Crippen molar-refractivity contribution in [2.45, 2.75) is 32.4 Å². The number of nitrogens with zero attached hydrogens (tertiary/aromatic N) is 2. The molecule has 1 fully saturated rings. The van der Waals surface area contributed by atoms with Crippen molar-refractivity contribution >= 4 is 36.4 Å². The normalized spacial score (nSPS) is 23.3. The van der Waals surface area contributed by atoms with Gasteiger partial charge in [0, 0.05) is 31.5 Å². The maximum Gasteiger partial charge on any atom is 0.0634 e. The van der Waals surface area contributed by atoms with E-state index in [4.69, 9.17) is 17.3 Å². The first kappa shape index (κ1) is 18.9. The quantitative estimate of drug-likeness (QED) is 0.928. The van der Waals surface area contributed by atoms with Gasteiger partial charge in [-0.15, -0.1) is 24.8 Å². The molecule has 1 aromatic heterocycles. The molecule has 0 aliphatic carbocycles. The van der Waals surface area contributed by atoms with Gasteiger partial charge >= 0.3 is 0 Å². The van der Waals surface area contributed by atoms with Crippen LogP contribution in [-0.4, -0.2) is 29.0 Å².